The summed E-state index contributed by atoms with van der Waals surface area (Å²) in [4.78, 5) is 4.30. The number of rotatable bonds is 3. The lowest BCUT2D eigenvalue weighted by Gasteiger charge is -2.12. The summed E-state index contributed by atoms with van der Waals surface area (Å²) in [5, 5.41) is 0. The number of sulfonamides is 1. The fraction of sp³-hybridized carbons (Fsp3) is 0.308. The molecular weight excluding hydrogens is 280 g/mol. The van der Waals surface area contributed by atoms with E-state index in [4.69, 9.17) is 9.15 Å². The number of fused-ring (bicyclic) bond motifs is 1. The molecule has 2 heterocycles. The largest absolute Gasteiger partial charge is 0.497 e. The van der Waals surface area contributed by atoms with Crippen LogP contribution in [0.4, 0.5) is 0 Å². The van der Waals surface area contributed by atoms with E-state index in [0.29, 0.717) is 28.6 Å². The van der Waals surface area contributed by atoms with Crippen molar-refractivity contribution in [1.29, 1.82) is 0 Å². The summed E-state index contributed by atoms with van der Waals surface area (Å²) in [6.07, 6.45) is 1.32. The van der Waals surface area contributed by atoms with Crippen molar-refractivity contribution in [2.75, 3.05) is 7.11 Å². The summed E-state index contributed by atoms with van der Waals surface area (Å²) in [7, 11) is -1.92. The molecule has 0 unspecified atom stereocenters. The smallest absolute Gasteiger partial charge is 0.244 e. The van der Waals surface area contributed by atoms with Gasteiger partial charge in [-0.1, -0.05) is 0 Å². The molecule has 0 spiro atoms. The second-order valence-electron chi connectivity index (χ2n) is 4.61. The predicted molar refractivity (Wildman–Crippen MR) is 70.7 cm³/mol. The van der Waals surface area contributed by atoms with Crippen molar-refractivity contribution in [3.63, 3.8) is 0 Å². The van der Waals surface area contributed by atoms with Crippen molar-refractivity contribution < 1.29 is 17.6 Å². The Bertz CT molecular complexity index is 751. The van der Waals surface area contributed by atoms with Crippen LogP contribution in [0.1, 0.15) is 17.0 Å². The first-order chi connectivity index (χ1) is 9.52. The highest BCUT2D eigenvalue weighted by Crippen LogP contribution is 2.34. The zero-order valence-electron chi connectivity index (χ0n) is 11.2. The first-order valence-corrected chi connectivity index (χ1v) is 7.52. The number of oxazole rings is 1. The van der Waals surface area contributed by atoms with E-state index in [-0.39, 0.29) is 6.54 Å². The second-order valence-corrected chi connectivity index (χ2v) is 6.51. The molecule has 1 aliphatic heterocycles. The van der Waals surface area contributed by atoms with Gasteiger partial charge in [-0.25, -0.2) is 13.4 Å². The Morgan fingerprint density at radius 3 is 2.90 bits per heavy atom. The molecule has 0 atom stereocenters. The molecule has 7 heteroatoms. The monoisotopic (exact) mass is 294 g/mol. The highest BCUT2D eigenvalue weighted by Gasteiger charge is 2.35. The van der Waals surface area contributed by atoms with Gasteiger partial charge in [0.1, 0.15) is 11.5 Å². The lowest BCUT2D eigenvalue weighted by atomic mass is 10.2. The fourth-order valence-corrected chi connectivity index (χ4v) is 3.82. The summed E-state index contributed by atoms with van der Waals surface area (Å²) in [6, 6.07) is 4.98. The van der Waals surface area contributed by atoms with Crippen LogP contribution < -0.4 is 4.74 Å². The van der Waals surface area contributed by atoms with Gasteiger partial charge in [-0.3, -0.25) is 0 Å². The van der Waals surface area contributed by atoms with E-state index < -0.39 is 10.0 Å². The molecule has 0 fully saturated rings. The Morgan fingerprint density at radius 2 is 2.25 bits per heavy atom. The number of aryl methyl sites for hydroxylation is 1. The molecule has 0 saturated carbocycles. The Hall–Kier alpha value is -1.86. The van der Waals surface area contributed by atoms with Crippen molar-refractivity contribution in [3.8, 4) is 5.75 Å². The van der Waals surface area contributed by atoms with Crippen molar-refractivity contribution in [2.45, 2.75) is 24.9 Å². The number of ether oxygens (including phenoxy) is 1. The van der Waals surface area contributed by atoms with Crippen molar-refractivity contribution in [3.05, 3.63) is 41.6 Å². The van der Waals surface area contributed by atoms with Crippen molar-refractivity contribution in [2.24, 2.45) is 0 Å². The molecule has 20 heavy (non-hydrogen) atoms. The van der Waals surface area contributed by atoms with Crippen LogP contribution in [0.2, 0.25) is 0 Å². The maximum absolute atomic E-state index is 12.4. The zero-order valence-corrected chi connectivity index (χ0v) is 12.0. The summed E-state index contributed by atoms with van der Waals surface area (Å²) in [5.74, 6) is 1.21. The Labute approximate surface area is 117 Å². The first kappa shape index (κ1) is 13.1. The summed E-state index contributed by atoms with van der Waals surface area (Å²) < 4.78 is 36.6. The quantitative estimate of drug-likeness (QED) is 0.861. The second kappa shape index (κ2) is 4.60. The van der Waals surface area contributed by atoms with Gasteiger partial charge in [0.25, 0.3) is 0 Å². The minimum absolute atomic E-state index is 0.186. The van der Waals surface area contributed by atoms with Gasteiger partial charge in [0.15, 0.2) is 6.39 Å². The normalized spacial score (nSPS) is 17.1. The zero-order chi connectivity index (χ0) is 14.3. The van der Waals surface area contributed by atoms with Gasteiger partial charge >= 0.3 is 0 Å². The van der Waals surface area contributed by atoms with Gasteiger partial charge in [0.05, 0.1) is 24.2 Å². The number of nitrogens with zero attached hydrogens (tertiary/aromatic N) is 2. The van der Waals surface area contributed by atoms with E-state index in [1.165, 1.54) is 10.7 Å². The molecule has 1 aromatic heterocycles. The number of methoxy groups -OCH3 is 1. The van der Waals surface area contributed by atoms with Crippen LogP contribution in [-0.4, -0.2) is 24.8 Å². The molecule has 0 N–H and O–H groups in total. The van der Waals surface area contributed by atoms with E-state index in [2.05, 4.69) is 4.98 Å². The molecule has 1 aliphatic rings. The summed E-state index contributed by atoms with van der Waals surface area (Å²) in [5.41, 5.74) is 1.44. The summed E-state index contributed by atoms with van der Waals surface area (Å²) >= 11 is 0. The third kappa shape index (κ3) is 1.99. The van der Waals surface area contributed by atoms with Gasteiger partial charge in [-0.05, 0) is 30.7 Å². The van der Waals surface area contributed by atoms with Gasteiger partial charge in [0, 0.05) is 6.54 Å². The maximum Gasteiger partial charge on any atom is 0.244 e. The molecule has 6 nitrogen and oxygen atoms in total. The van der Waals surface area contributed by atoms with E-state index in [1.807, 2.05) is 0 Å². The predicted octanol–water partition coefficient (Wildman–Crippen LogP) is 1.70. The SMILES string of the molecule is COc1ccc2c(c1)CN(Cc1ocnc1C)S2(=O)=O. The minimum Gasteiger partial charge on any atom is -0.497 e. The third-order valence-corrected chi connectivity index (χ3v) is 5.29. The average molecular weight is 294 g/mol. The number of aromatic nitrogens is 1. The number of hydrogen-bond donors (Lipinski definition) is 0. The van der Waals surface area contributed by atoms with Crippen LogP contribution in [0.15, 0.2) is 33.9 Å². The lowest BCUT2D eigenvalue weighted by Crippen LogP contribution is -2.23. The highest BCUT2D eigenvalue weighted by molar-refractivity contribution is 7.89. The average Bonchev–Trinajstić information content (AvgIpc) is 2.93. The minimum atomic E-state index is -3.47. The van der Waals surface area contributed by atoms with Crippen LogP contribution >= 0.6 is 0 Å². The number of hydrogen-bond acceptors (Lipinski definition) is 5. The molecule has 0 radical (unpaired) electrons. The number of benzene rings is 1. The third-order valence-electron chi connectivity index (χ3n) is 3.40. The molecule has 0 amide bonds. The molecule has 106 valence electrons. The van der Waals surface area contributed by atoms with Crippen LogP contribution in [-0.2, 0) is 23.1 Å². The molecule has 1 aromatic carbocycles. The highest BCUT2D eigenvalue weighted by atomic mass is 32.2. The molecule has 2 aromatic rings. The van der Waals surface area contributed by atoms with Gasteiger partial charge in [0.2, 0.25) is 10.0 Å². The topological polar surface area (TPSA) is 72.6 Å². The van der Waals surface area contributed by atoms with Crippen molar-refractivity contribution >= 4 is 10.0 Å². The Morgan fingerprint density at radius 1 is 1.45 bits per heavy atom. The van der Waals surface area contributed by atoms with E-state index in [1.54, 1.807) is 32.2 Å². The molecule has 3 rings (SSSR count). The Kier molecular flexibility index (Phi) is 3.02. The van der Waals surface area contributed by atoms with Gasteiger partial charge in [-0.2, -0.15) is 4.31 Å². The standard InChI is InChI=1S/C13H14N2O4S/c1-9-12(19-8-14-9)7-15-6-10-5-11(18-2)3-4-13(10)20(15,16)17/h3-5,8H,6-7H2,1-2H3. The van der Waals surface area contributed by atoms with E-state index >= 15 is 0 Å². The van der Waals surface area contributed by atoms with Crippen LogP contribution in [0, 0.1) is 6.92 Å². The van der Waals surface area contributed by atoms with Crippen LogP contribution in [0.25, 0.3) is 0 Å². The van der Waals surface area contributed by atoms with Crippen molar-refractivity contribution in [1.82, 2.24) is 9.29 Å². The molecule has 0 bridgehead atoms. The lowest BCUT2D eigenvalue weighted by molar-refractivity contribution is 0.368. The van der Waals surface area contributed by atoms with Gasteiger partial charge in [-0.15, -0.1) is 0 Å². The maximum atomic E-state index is 12.4. The fourth-order valence-electron chi connectivity index (χ4n) is 2.25. The van der Waals surface area contributed by atoms with Crippen LogP contribution in [0.3, 0.4) is 0 Å². The first-order valence-electron chi connectivity index (χ1n) is 6.08. The molecular formula is C13H14N2O4S. The van der Waals surface area contributed by atoms with E-state index in [9.17, 15) is 8.42 Å². The summed E-state index contributed by atoms with van der Waals surface area (Å²) in [6.45, 7) is 2.29. The molecule has 0 aliphatic carbocycles. The van der Waals surface area contributed by atoms with E-state index in [0.717, 1.165) is 5.56 Å². The Balaban J connectivity index is 1.95. The molecule has 0 saturated heterocycles. The van der Waals surface area contributed by atoms with Gasteiger partial charge < -0.3 is 9.15 Å². The van der Waals surface area contributed by atoms with Crippen LogP contribution in [0.5, 0.6) is 5.75 Å².